The van der Waals surface area contributed by atoms with Crippen molar-refractivity contribution in [2.75, 3.05) is 6.54 Å². The Hall–Kier alpha value is -2.16. The highest BCUT2D eigenvalue weighted by atomic mass is 32.1. The van der Waals surface area contributed by atoms with Crippen LogP contribution in [0.4, 0.5) is 13.2 Å². The number of aromatic nitrogens is 3. The molecule has 0 aliphatic carbocycles. The second-order valence-electron chi connectivity index (χ2n) is 5.02. The Morgan fingerprint density at radius 3 is 2.83 bits per heavy atom. The number of H-pyrrole nitrogens is 1. The zero-order valence-electron chi connectivity index (χ0n) is 12.3. The predicted molar refractivity (Wildman–Crippen MR) is 81.3 cm³/mol. The second kappa shape index (κ2) is 6.95. The number of halogens is 3. The van der Waals surface area contributed by atoms with E-state index in [0.29, 0.717) is 10.6 Å². The number of nitrogens with one attached hydrogen (secondary N) is 2. The molecule has 1 aromatic carbocycles. The molecular formula is C14H15F3N4OS. The first-order chi connectivity index (χ1) is 10.8. The summed E-state index contributed by atoms with van der Waals surface area (Å²) in [4.78, 5) is 11.5. The molecule has 0 bridgehead atoms. The number of hydrogen-bond donors (Lipinski definition) is 2. The van der Waals surface area contributed by atoms with Crippen LogP contribution in [0.25, 0.3) is 11.4 Å². The molecule has 23 heavy (non-hydrogen) atoms. The summed E-state index contributed by atoms with van der Waals surface area (Å²) in [5.74, 6) is -0.150. The van der Waals surface area contributed by atoms with E-state index in [2.05, 4.69) is 10.2 Å². The number of nitrogens with zero attached hydrogens (tertiary/aromatic N) is 2. The van der Waals surface area contributed by atoms with Gasteiger partial charge < -0.3 is 5.32 Å². The molecule has 1 amide bonds. The van der Waals surface area contributed by atoms with Gasteiger partial charge in [-0.2, -0.15) is 18.3 Å². The lowest BCUT2D eigenvalue weighted by molar-refractivity contribution is -0.138. The molecule has 0 radical (unpaired) electrons. The van der Waals surface area contributed by atoms with E-state index in [0.717, 1.165) is 11.1 Å². The van der Waals surface area contributed by atoms with Crippen molar-refractivity contribution in [2.45, 2.75) is 26.1 Å². The lowest BCUT2D eigenvalue weighted by atomic mass is 10.1. The molecule has 0 aliphatic heterocycles. The van der Waals surface area contributed by atoms with Crippen molar-refractivity contribution in [3.63, 3.8) is 0 Å². The third-order valence-corrected chi connectivity index (χ3v) is 3.39. The number of rotatable bonds is 5. The third-order valence-electron chi connectivity index (χ3n) is 3.08. The van der Waals surface area contributed by atoms with Crippen molar-refractivity contribution in [2.24, 2.45) is 0 Å². The normalized spacial score (nSPS) is 11.5. The summed E-state index contributed by atoms with van der Waals surface area (Å²) in [6.45, 7) is 0.731. The molecule has 1 heterocycles. The van der Waals surface area contributed by atoms with Gasteiger partial charge in [0.05, 0.1) is 0 Å². The van der Waals surface area contributed by atoms with Crippen LogP contribution in [0.3, 0.4) is 0 Å². The molecule has 0 spiro atoms. The number of amides is 1. The van der Waals surface area contributed by atoms with Crippen LogP contribution in [-0.4, -0.2) is 33.4 Å². The quantitative estimate of drug-likeness (QED) is 0.820. The number of alkyl halides is 3. The van der Waals surface area contributed by atoms with Gasteiger partial charge in [-0.3, -0.25) is 14.5 Å². The Morgan fingerprint density at radius 2 is 2.17 bits per heavy atom. The molecule has 0 saturated carbocycles. The number of aromatic amines is 1. The summed E-state index contributed by atoms with van der Waals surface area (Å²) >= 11 is 5.11. The van der Waals surface area contributed by atoms with Crippen LogP contribution in [0.15, 0.2) is 24.3 Å². The molecule has 124 valence electrons. The molecular weight excluding hydrogens is 329 g/mol. The monoisotopic (exact) mass is 344 g/mol. The van der Waals surface area contributed by atoms with Gasteiger partial charge >= 0.3 is 6.18 Å². The van der Waals surface area contributed by atoms with Crippen molar-refractivity contribution in [3.05, 3.63) is 34.6 Å². The van der Waals surface area contributed by atoms with Crippen molar-refractivity contribution in [1.29, 1.82) is 0 Å². The van der Waals surface area contributed by atoms with Gasteiger partial charge in [0, 0.05) is 18.5 Å². The second-order valence-corrected chi connectivity index (χ2v) is 5.40. The zero-order valence-corrected chi connectivity index (χ0v) is 13.1. The zero-order chi connectivity index (χ0) is 17.0. The highest BCUT2D eigenvalue weighted by Crippen LogP contribution is 2.19. The van der Waals surface area contributed by atoms with E-state index in [-0.39, 0.29) is 13.0 Å². The van der Waals surface area contributed by atoms with Gasteiger partial charge in [0.1, 0.15) is 6.54 Å². The predicted octanol–water partition coefficient (Wildman–Crippen LogP) is 2.98. The fourth-order valence-electron chi connectivity index (χ4n) is 2.03. The topological polar surface area (TPSA) is 62.7 Å². The first-order valence-corrected chi connectivity index (χ1v) is 7.23. The van der Waals surface area contributed by atoms with E-state index in [1.807, 2.05) is 36.5 Å². The van der Waals surface area contributed by atoms with Gasteiger partial charge in [0.25, 0.3) is 0 Å². The summed E-state index contributed by atoms with van der Waals surface area (Å²) in [6, 6.07) is 7.55. The number of hydrogen-bond acceptors (Lipinski definition) is 3. The smallest absolute Gasteiger partial charge is 0.347 e. The molecule has 0 aliphatic rings. The summed E-state index contributed by atoms with van der Waals surface area (Å²) in [5.41, 5.74) is 1.85. The maximum absolute atomic E-state index is 12.1. The molecule has 0 saturated heterocycles. The summed E-state index contributed by atoms with van der Waals surface area (Å²) < 4.78 is 38.1. The van der Waals surface area contributed by atoms with Crippen LogP contribution in [0.5, 0.6) is 0 Å². The Morgan fingerprint density at radius 1 is 1.43 bits per heavy atom. The van der Waals surface area contributed by atoms with Crippen molar-refractivity contribution >= 4 is 18.1 Å². The van der Waals surface area contributed by atoms with Gasteiger partial charge in [0.15, 0.2) is 10.6 Å². The molecule has 0 fully saturated rings. The van der Waals surface area contributed by atoms with Gasteiger partial charge in [-0.25, -0.2) is 0 Å². The molecule has 9 heteroatoms. The van der Waals surface area contributed by atoms with E-state index >= 15 is 0 Å². The summed E-state index contributed by atoms with van der Waals surface area (Å²) in [7, 11) is 0. The Labute approximate surface area is 135 Å². The fraction of sp³-hybridized carbons (Fsp3) is 0.357. The van der Waals surface area contributed by atoms with E-state index in [1.165, 1.54) is 0 Å². The number of benzene rings is 1. The first-order valence-electron chi connectivity index (χ1n) is 6.82. The van der Waals surface area contributed by atoms with Crippen molar-refractivity contribution < 1.29 is 18.0 Å². The lowest BCUT2D eigenvalue weighted by Crippen LogP contribution is -2.34. The van der Waals surface area contributed by atoms with E-state index in [1.54, 1.807) is 4.57 Å². The summed E-state index contributed by atoms with van der Waals surface area (Å²) in [6.07, 6.45) is -4.54. The van der Waals surface area contributed by atoms with Crippen molar-refractivity contribution in [3.8, 4) is 11.4 Å². The van der Waals surface area contributed by atoms with Crippen LogP contribution >= 0.6 is 12.2 Å². The number of carbonyl (C=O) groups is 1. The number of carbonyl (C=O) groups excluding carboxylic acids is 1. The molecule has 1 aromatic heterocycles. The SMILES string of the molecule is Cc1cccc(-c2n[nH]c(=S)n2CCC(=O)NCC(F)(F)F)c1. The molecule has 0 atom stereocenters. The van der Waals surface area contributed by atoms with Gasteiger partial charge in [-0.15, -0.1) is 0 Å². The van der Waals surface area contributed by atoms with Crippen LogP contribution in [0, 0.1) is 11.7 Å². The van der Waals surface area contributed by atoms with E-state index in [4.69, 9.17) is 12.2 Å². The van der Waals surface area contributed by atoms with Crippen LogP contribution in [0.2, 0.25) is 0 Å². The van der Waals surface area contributed by atoms with Gasteiger partial charge in [-0.05, 0) is 25.2 Å². The number of aryl methyl sites for hydroxylation is 1. The average Bonchev–Trinajstić information content (AvgIpc) is 2.83. The highest BCUT2D eigenvalue weighted by molar-refractivity contribution is 7.71. The van der Waals surface area contributed by atoms with Crippen LogP contribution in [-0.2, 0) is 11.3 Å². The lowest BCUT2D eigenvalue weighted by Gasteiger charge is -2.10. The minimum absolute atomic E-state index is 0.122. The van der Waals surface area contributed by atoms with Crippen LogP contribution in [0.1, 0.15) is 12.0 Å². The van der Waals surface area contributed by atoms with E-state index in [9.17, 15) is 18.0 Å². The first kappa shape index (κ1) is 17.2. The largest absolute Gasteiger partial charge is 0.405 e. The molecule has 2 rings (SSSR count). The molecule has 2 aromatic rings. The van der Waals surface area contributed by atoms with Crippen LogP contribution < -0.4 is 5.32 Å². The average molecular weight is 344 g/mol. The Kier molecular flexibility index (Phi) is 5.19. The van der Waals surface area contributed by atoms with E-state index < -0.39 is 18.6 Å². The third kappa shape index (κ3) is 4.92. The highest BCUT2D eigenvalue weighted by Gasteiger charge is 2.27. The Balaban J connectivity index is 2.08. The molecule has 0 unspecified atom stereocenters. The molecule has 5 nitrogen and oxygen atoms in total. The fourth-order valence-corrected chi connectivity index (χ4v) is 2.25. The molecule has 2 N–H and O–H groups in total. The minimum Gasteiger partial charge on any atom is -0.347 e. The maximum atomic E-state index is 12.1. The maximum Gasteiger partial charge on any atom is 0.405 e. The van der Waals surface area contributed by atoms with Gasteiger partial charge in [0.2, 0.25) is 5.91 Å². The Bertz CT molecular complexity index is 751. The standard InChI is InChI=1S/C14H15F3N4OS/c1-9-3-2-4-10(7-9)12-19-20-13(23)21(12)6-5-11(22)18-8-14(15,16)17/h2-4,7H,5-6,8H2,1H3,(H,18,22)(H,20,23). The summed E-state index contributed by atoms with van der Waals surface area (Å²) in [5, 5.41) is 8.59. The van der Waals surface area contributed by atoms with Gasteiger partial charge in [-0.1, -0.05) is 23.8 Å². The minimum atomic E-state index is -4.42. The van der Waals surface area contributed by atoms with Crippen molar-refractivity contribution in [1.82, 2.24) is 20.1 Å².